The van der Waals surface area contributed by atoms with E-state index >= 15 is 0 Å². The van der Waals surface area contributed by atoms with Crippen molar-refractivity contribution in [1.82, 2.24) is 0 Å². The van der Waals surface area contributed by atoms with E-state index in [0.29, 0.717) is 6.42 Å². The number of carbonyl (C=O) groups excluding carboxylic acids is 1. The summed E-state index contributed by atoms with van der Waals surface area (Å²) in [6, 6.07) is 0. The molecule has 0 amide bonds. The van der Waals surface area contributed by atoms with Gasteiger partial charge in [-0.25, -0.2) is 0 Å². The molecule has 0 aliphatic carbocycles. The Hall–Kier alpha value is -1.05. The molecule has 0 aromatic rings. The third kappa shape index (κ3) is 12.9. The van der Waals surface area contributed by atoms with Crippen LogP contribution in [0.1, 0.15) is 58.3 Å². The summed E-state index contributed by atoms with van der Waals surface area (Å²) < 4.78 is 4.57. The highest BCUT2D eigenvalue weighted by Gasteiger charge is 1.96. The van der Waals surface area contributed by atoms with Crippen LogP contribution in [0.5, 0.6) is 0 Å². The Morgan fingerprint density at radius 3 is 2.24 bits per heavy atom. The number of rotatable bonds is 10. The number of hydrogen-bond donors (Lipinski definition) is 0. The maximum Gasteiger partial charge on any atom is 0.305 e. The van der Waals surface area contributed by atoms with E-state index in [4.69, 9.17) is 0 Å². The zero-order valence-electron chi connectivity index (χ0n) is 11.3. The lowest BCUT2D eigenvalue weighted by atomic mass is 10.2. The fourth-order valence-electron chi connectivity index (χ4n) is 1.49. The highest BCUT2D eigenvalue weighted by Crippen LogP contribution is 2.02. The van der Waals surface area contributed by atoms with Crippen LogP contribution < -0.4 is 0 Å². The maximum absolute atomic E-state index is 10.8. The molecule has 2 nitrogen and oxygen atoms in total. The molecule has 0 aliphatic heterocycles. The van der Waals surface area contributed by atoms with Crippen LogP contribution in [-0.4, -0.2) is 13.1 Å². The van der Waals surface area contributed by atoms with Crippen LogP contribution in [0.25, 0.3) is 0 Å². The first kappa shape index (κ1) is 16.0. The Labute approximate surface area is 106 Å². The van der Waals surface area contributed by atoms with Gasteiger partial charge in [-0.2, -0.15) is 0 Å². The molecule has 0 unspecified atom stereocenters. The molecule has 17 heavy (non-hydrogen) atoms. The highest BCUT2D eigenvalue weighted by molar-refractivity contribution is 5.68. The summed E-state index contributed by atoms with van der Waals surface area (Å²) in [7, 11) is 1.43. The fourth-order valence-corrected chi connectivity index (χ4v) is 1.49. The Balaban J connectivity index is 3.27. The first-order chi connectivity index (χ1) is 8.31. The summed E-state index contributed by atoms with van der Waals surface area (Å²) in [6.07, 6.45) is 17.2. The van der Waals surface area contributed by atoms with Crippen LogP contribution in [0.2, 0.25) is 0 Å². The Bertz CT molecular complexity index is 229. The van der Waals surface area contributed by atoms with Crippen molar-refractivity contribution in [3.63, 3.8) is 0 Å². The minimum Gasteiger partial charge on any atom is -0.469 e. The zero-order valence-corrected chi connectivity index (χ0v) is 11.3. The van der Waals surface area contributed by atoms with E-state index in [1.807, 2.05) is 0 Å². The van der Waals surface area contributed by atoms with Gasteiger partial charge >= 0.3 is 5.97 Å². The van der Waals surface area contributed by atoms with Crippen molar-refractivity contribution in [2.45, 2.75) is 58.3 Å². The molecular weight excluding hydrogens is 212 g/mol. The molecule has 2 heteroatoms. The lowest BCUT2D eigenvalue weighted by Gasteiger charge is -1.95. The minimum absolute atomic E-state index is 0.116. The van der Waals surface area contributed by atoms with Crippen molar-refractivity contribution in [3.8, 4) is 0 Å². The van der Waals surface area contributed by atoms with Gasteiger partial charge in [0.05, 0.1) is 7.11 Å². The smallest absolute Gasteiger partial charge is 0.305 e. The van der Waals surface area contributed by atoms with Gasteiger partial charge in [0.25, 0.3) is 0 Å². The van der Waals surface area contributed by atoms with E-state index in [9.17, 15) is 4.79 Å². The van der Waals surface area contributed by atoms with Gasteiger partial charge in [0.1, 0.15) is 0 Å². The van der Waals surface area contributed by atoms with E-state index in [1.165, 1.54) is 32.8 Å². The minimum atomic E-state index is -0.116. The van der Waals surface area contributed by atoms with Gasteiger partial charge in [-0.3, -0.25) is 4.79 Å². The van der Waals surface area contributed by atoms with Gasteiger partial charge in [-0.05, 0) is 32.1 Å². The van der Waals surface area contributed by atoms with Gasteiger partial charge in [0.2, 0.25) is 0 Å². The summed E-state index contributed by atoms with van der Waals surface area (Å²) in [5, 5.41) is 0. The molecule has 98 valence electrons. The molecule has 0 rings (SSSR count). The van der Waals surface area contributed by atoms with Crippen molar-refractivity contribution >= 4 is 5.97 Å². The van der Waals surface area contributed by atoms with Gasteiger partial charge < -0.3 is 4.74 Å². The van der Waals surface area contributed by atoms with E-state index in [0.717, 1.165) is 19.3 Å². The predicted molar refractivity (Wildman–Crippen MR) is 72.9 cm³/mol. The monoisotopic (exact) mass is 238 g/mol. The lowest BCUT2D eigenvalue weighted by molar-refractivity contribution is -0.140. The first-order valence-electron chi connectivity index (χ1n) is 6.68. The SMILES string of the molecule is CCCCC/C=C\C/C=C/CCCC(=O)OC. The number of methoxy groups -OCH3 is 1. The molecule has 0 aliphatic rings. The topological polar surface area (TPSA) is 26.3 Å². The number of allylic oxidation sites excluding steroid dienone is 4. The second kappa shape index (κ2) is 13.0. The van der Waals surface area contributed by atoms with E-state index in [-0.39, 0.29) is 5.97 Å². The molecule has 0 fully saturated rings. The second-order valence-corrected chi connectivity index (χ2v) is 4.14. The van der Waals surface area contributed by atoms with Crippen molar-refractivity contribution in [1.29, 1.82) is 0 Å². The standard InChI is InChI=1S/C15H26O2/c1-3-4-5-6-7-8-9-10-11-12-13-14-15(16)17-2/h7-8,10-11H,3-6,9,12-14H2,1-2H3/b8-7-,11-10+. The predicted octanol–water partition coefficient (Wildman–Crippen LogP) is 4.41. The molecule has 0 saturated carbocycles. The van der Waals surface area contributed by atoms with Crippen LogP contribution in [0.4, 0.5) is 0 Å². The van der Waals surface area contributed by atoms with Crippen molar-refractivity contribution in [2.24, 2.45) is 0 Å². The number of hydrogen-bond acceptors (Lipinski definition) is 2. The number of ether oxygens (including phenoxy) is 1. The molecule has 0 aromatic heterocycles. The fraction of sp³-hybridized carbons (Fsp3) is 0.667. The third-order valence-corrected chi connectivity index (χ3v) is 2.56. The van der Waals surface area contributed by atoms with E-state index in [1.54, 1.807) is 0 Å². The largest absolute Gasteiger partial charge is 0.469 e. The Morgan fingerprint density at radius 1 is 1.00 bits per heavy atom. The summed E-state index contributed by atoms with van der Waals surface area (Å²) in [6.45, 7) is 2.22. The third-order valence-electron chi connectivity index (χ3n) is 2.56. The number of unbranched alkanes of at least 4 members (excludes halogenated alkanes) is 4. The van der Waals surface area contributed by atoms with Crippen molar-refractivity contribution < 1.29 is 9.53 Å². The van der Waals surface area contributed by atoms with E-state index < -0.39 is 0 Å². The second-order valence-electron chi connectivity index (χ2n) is 4.14. The zero-order chi connectivity index (χ0) is 12.8. The normalized spacial score (nSPS) is 11.4. The molecule has 0 atom stereocenters. The lowest BCUT2D eigenvalue weighted by Crippen LogP contribution is -1.98. The van der Waals surface area contributed by atoms with Crippen LogP contribution in [0.3, 0.4) is 0 Å². The molecular formula is C15H26O2. The van der Waals surface area contributed by atoms with E-state index in [2.05, 4.69) is 36.0 Å². The molecule has 0 saturated heterocycles. The van der Waals surface area contributed by atoms with Crippen LogP contribution in [-0.2, 0) is 9.53 Å². The Morgan fingerprint density at radius 2 is 1.65 bits per heavy atom. The van der Waals surface area contributed by atoms with Gasteiger partial charge in [0, 0.05) is 6.42 Å². The van der Waals surface area contributed by atoms with Gasteiger partial charge in [-0.15, -0.1) is 0 Å². The highest BCUT2D eigenvalue weighted by atomic mass is 16.5. The molecule has 0 radical (unpaired) electrons. The summed E-state index contributed by atoms with van der Waals surface area (Å²) in [5.41, 5.74) is 0. The molecule has 0 bridgehead atoms. The summed E-state index contributed by atoms with van der Waals surface area (Å²) in [4.78, 5) is 10.8. The first-order valence-corrected chi connectivity index (χ1v) is 6.68. The van der Waals surface area contributed by atoms with Crippen molar-refractivity contribution in [2.75, 3.05) is 7.11 Å². The Kier molecular flexibility index (Phi) is 12.2. The molecule has 0 spiro atoms. The molecule has 0 aromatic carbocycles. The quantitative estimate of drug-likeness (QED) is 0.320. The summed E-state index contributed by atoms with van der Waals surface area (Å²) in [5.74, 6) is -0.116. The number of carbonyl (C=O) groups is 1. The maximum atomic E-state index is 10.8. The summed E-state index contributed by atoms with van der Waals surface area (Å²) >= 11 is 0. The van der Waals surface area contributed by atoms with Gasteiger partial charge in [0.15, 0.2) is 0 Å². The van der Waals surface area contributed by atoms with Crippen LogP contribution in [0.15, 0.2) is 24.3 Å². The van der Waals surface area contributed by atoms with Crippen molar-refractivity contribution in [3.05, 3.63) is 24.3 Å². The molecule has 0 N–H and O–H groups in total. The average Bonchev–Trinajstić information content (AvgIpc) is 2.35. The number of esters is 1. The van der Waals surface area contributed by atoms with Crippen LogP contribution >= 0.6 is 0 Å². The average molecular weight is 238 g/mol. The van der Waals surface area contributed by atoms with Crippen LogP contribution in [0, 0.1) is 0 Å². The molecule has 0 heterocycles. The van der Waals surface area contributed by atoms with Gasteiger partial charge in [-0.1, -0.05) is 44.1 Å².